The average Bonchev–Trinajstić information content (AvgIpc) is 2.45. The van der Waals surface area contributed by atoms with Crippen LogP contribution in [0.5, 0.6) is 0 Å². The third kappa shape index (κ3) is 5.74. The second-order valence-electron chi connectivity index (χ2n) is 5.85. The smallest absolute Gasteiger partial charge is 0.236 e. The van der Waals surface area contributed by atoms with Gasteiger partial charge in [0.05, 0.1) is 6.04 Å². The number of carbonyl (C=O) groups excluding carboxylic acids is 1. The van der Waals surface area contributed by atoms with Crippen LogP contribution in [-0.2, 0) is 4.79 Å². The first kappa shape index (κ1) is 16.7. The van der Waals surface area contributed by atoms with Crippen LogP contribution in [0.1, 0.15) is 45.1 Å². The lowest BCUT2D eigenvalue weighted by Crippen LogP contribution is -2.44. The number of hydrogen-bond acceptors (Lipinski definition) is 2. The summed E-state index contributed by atoms with van der Waals surface area (Å²) in [4.78, 5) is 11.8. The van der Waals surface area contributed by atoms with Gasteiger partial charge in [0.1, 0.15) is 0 Å². The van der Waals surface area contributed by atoms with Gasteiger partial charge in [0.25, 0.3) is 0 Å². The molecule has 0 radical (unpaired) electrons. The van der Waals surface area contributed by atoms with Crippen molar-refractivity contribution in [3.8, 4) is 0 Å². The minimum Gasteiger partial charge on any atom is -0.358 e. The molecule has 1 rings (SSSR count). The summed E-state index contributed by atoms with van der Waals surface area (Å²) in [5.74, 6) is 1.11. The van der Waals surface area contributed by atoms with E-state index in [1.807, 2.05) is 6.07 Å². The van der Waals surface area contributed by atoms with Crippen molar-refractivity contribution in [2.24, 2.45) is 5.92 Å². The summed E-state index contributed by atoms with van der Waals surface area (Å²) in [6.45, 7) is 7.38. The maximum atomic E-state index is 11.8. The fourth-order valence-corrected chi connectivity index (χ4v) is 2.35. The van der Waals surface area contributed by atoms with Crippen LogP contribution in [0.15, 0.2) is 30.3 Å². The largest absolute Gasteiger partial charge is 0.358 e. The van der Waals surface area contributed by atoms with Gasteiger partial charge in [-0.2, -0.15) is 0 Å². The van der Waals surface area contributed by atoms with E-state index in [-0.39, 0.29) is 11.9 Å². The zero-order valence-corrected chi connectivity index (χ0v) is 13.1. The molecule has 0 heterocycles. The SMILES string of the molecule is CNC(=O)C(CC(C)C)NCCC(C)c1ccccc1. The molecule has 20 heavy (non-hydrogen) atoms. The average molecular weight is 276 g/mol. The van der Waals surface area contributed by atoms with Crippen molar-refractivity contribution in [2.45, 2.75) is 45.6 Å². The summed E-state index contributed by atoms with van der Waals surface area (Å²) in [6.07, 6.45) is 1.91. The molecule has 1 amide bonds. The normalized spacial score (nSPS) is 14.1. The van der Waals surface area contributed by atoms with Crippen LogP contribution in [0.25, 0.3) is 0 Å². The molecule has 112 valence electrons. The van der Waals surface area contributed by atoms with Crippen LogP contribution in [0, 0.1) is 5.92 Å². The van der Waals surface area contributed by atoms with Crippen LogP contribution in [0.2, 0.25) is 0 Å². The summed E-state index contributed by atoms with van der Waals surface area (Å²) >= 11 is 0. The quantitative estimate of drug-likeness (QED) is 0.766. The maximum Gasteiger partial charge on any atom is 0.236 e. The molecule has 0 spiro atoms. The Morgan fingerprint density at radius 1 is 1.15 bits per heavy atom. The van der Waals surface area contributed by atoms with Crippen molar-refractivity contribution >= 4 is 5.91 Å². The van der Waals surface area contributed by atoms with E-state index >= 15 is 0 Å². The number of hydrogen-bond donors (Lipinski definition) is 2. The fraction of sp³-hybridized carbons (Fsp3) is 0.588. The monoisotopic (exact) mass is 276 g/mol. The van der Waals surface area contributed by atoms with E-state index in [2.05, 4.69) is 55.7 Å². The third-order valence-electron chi connectivity index (χ3n) is 3.61. The highest BCUT2D eigenvalue weighted by Crippen LogP contribution is 2.17. The zero-order valence-electron chi connectivity index (χ0n) is 13.1. The van der Waals surface area contributed by atoms with Crippen molar-refractivity contribution in [3.05, 3.63) is 35.9 Å². The van der Waals surface area contributed by atoms with Crippen molar-refractivity contribution in [3.63, 3.8) is 0 Å². The van der Waals surface area contributed by atoms with E-state index in [1.165, 1.54) is 5.56 Å². The van der Waals surface area contributed by atoms with E-state index in [0.29, 0.717) is 11.8 Å². The molecule has 0 aliphatic carbocycles. The van der Waals surface area contributed by atoms with Crippen LogP contribution in [0.3, 0.4) is 0 Å². The Morgan fingerprint density at radius 3 is 2.35 bits per heavy atom. The molecule has 0 bridgehead atoms. The summed E-state index contributed by atoms with van der Waals surface area (Å²) < 4.78 is 0. The van der Waals surface area contributed by atoms with Gasteiger partial charge < -0.3 is 10.6 Å². The molecule has 0 saturated heterocycles. The number of nitrogens with one attached hydrogen (secondary N) is 2. The standard InChI is InChI=1S/C17H28N2O/c1-13(2)12-16(17(20)18-4)19-11-10-14(3)15-8-6-5-7-9-15/h5-9,13-14,16,19H,10-12H2,1-4H3,(H,18,20). The number of benzene rings is 1. The first-order chi connectivity index (χ1) is 9.54. The molecule has 2 unspecified atom stereocenters. The van der Waals surface area contributed by atoms with E-state index in [4.69, 9.17) is 0 Å². The molecular weight excluding hydrogens is 248 g/mol. The molecular formula is C17H28N2O. The Balaban J connectivity index is 2.42. The van der Waals surface area contributed by atoms with E-state index in [0.717, 1.165) is 19.4 Å². The summed E-state index contributed by atoms with van der Waals surface area (Å²) in [7, 11) is 1.70. The minimum absolute atomic E-state index is 0.0806. The Bertz CT molecular complexity index is 389. The lowest BCUT2D eigenvalue weighted by molar-refractivity contribution is -0.123. The van der Waals surface area contributed by atoms with Crippen LogP contribution in [0.4, 0.5) is 0 Å². The van der Waals surface area contributed by atoms with E-state index in [9.17, 15) is 4.79 Å². The highest BCUT2D eigenvalue weighted by atomic mass is 16.2. The predicted molar refractivity (Wildman–Crippen MR) is 84.8 cm³/mol. The zero-order chi connectivity index (χ0) is 15.0. The predicted octanol–water partition coefficient (Wildman–Crippen LogP) is 2.93. The molecule has 2 N–H and O–H groups in total. The first-order valence-corrected chi connectivity index (χ1v) is 7.54. The maximum absolute atomic E-state index is 11.8. The van der Waals surface area contributed by atoms with Gasteiger partial charge in [-0.15, -0.1) is 0 Å². The Kier molecular flexibility index (Phi) is 7.31. The van der Waals surface area contributed by atoms with Gasteiger partial charge in [-0.05, 0) is 36.8 Å². The van der Waals surface area contributed by atoms with Crippen LogP contribution in [-0.4, -0.2) is 25.5 Å². The molecule has 0 fully saturated rings. The Morgan fingerprint density at radius 2 is 1.80 bits per heavy atom. The third-order valence-corrected chi connectivity index (χ3v) is 3.61. The molecule has 0 aromatic heterocycles. The fourth-order valence-electron chi connectivity index (χ4n) is 2.35. The van der Waals surface area contributed by atoms with Gasteiger partial charge in [0, 0.05) is 7.05 Å². The minimum atomic E-state index is -0.0806. The Hall–Kier alpha value is -1.35. The van der Waals surface area contributed by atoms with Gasteiger partial charge in [-0.1, -0.05) is 51.1 Å². The van der Waals surface area contributed by atoms with E-state index in [1.54, 1.807) is 7.05 Å². The Labute approximate surface area is 123 Å². The highest BCUT2D eigenvalue weighted by Gasteiger charge is 2.18. The number of carbonyl (C=O) groups is 1. The number of amides is 1. The summed E-state index contributed by atoms with van der Waals surface area (Å²) in [6, 6.07) is 10.4. The van der Waals surface area contributed by atoms with Gasteiger partial charge in [-0.3, -0.25) is 4.79 Å². The molecule has 3 nitrogen and oxygen atoms in total. The molecule has 2 atom stereocenters. The van der Waals surface area contributed by atoms with Gasteiger partial charge in [0.2, 0.25) is 5.91 Å². The van der Waals surface area contributed by atoms with Crippen molar-refractivity contribution in [1.29, 1.82) is 0 Å². The molecule has 1 aromatic rings. The molecule has 3 heteroatoms. The summed E-state index contributed by atoms with van der Waals surface area (Å²) in [5.41, 5.74) is 1.36. The first-order valence-electron chi connectivity index (χ1n) is 7.54. The number of rotatable bonds is 8. The second-order valence-corrected chi connectivity index (χ2v) is 5.85. The highest BCUT2D eigenvalue weighted by molar-refractivity contribution is 5.81. The van der Waals surface area contributed by atoms with Crippen LogP contribution < -0.4 is 10.6 Å². The van der Waals surface area contributed by atoms with Gasteiger partial charge >= 0.3 is 0 Å². The lowest BCUT2D eigenvalue weighted by Gasteiger charge is -2.20. The van der Waals surface area contributed by atoms with Gasteiger partial charge in [-0.25, -0.2) is 0 Å². The molecule has 0 aliphatic rings. The lowest BCUT2D eigenvalue weighted by atomic mass is 9.97. The van der Waals surface area contributed by atoms with Gasteiger partial charge in [0.15, 0.2) is 0 Å². The van der Waals surface area contributed by atoms with Crippen LogP contribution >= 0.6 is 0 Å². The molecule has 0 aliphatic heterocycles. The summed E-state index contributed by atoms with van der Waals surface area (Å²) in [5, 5.41) is 6.13. The second kappa shape index (κ2) is 8.75. The molecule has 1 aromatic carbocycles. The van der Waals surface area contributed by atoms with Crippen molar-refractivity contribution in [2.75, 3.05) is 13.6 Å². The topological polar surface area (TPSA) is 41.1 Å². The van der Waals surface area contributed by atoms with E-state index < -0.39 is 0 Å². The van der Waals surface area contributed by atoms with Crippen molar-refractivity contribution < 1.29 is 4.79 Å². The van der Waals surface area contributed by atoms with Crippen molar-refractivity contribution in [1.82, 2.24) is 10.6 Å². The number of likely N-dealkylation sites (N-methyl/N-ethyl adjacent to an activating group) is 1. The molecule has 0 saturated carbocycles.